The molecule has 2 aromatic rings. The third kappa shape index (κ3) is 6.28. The van der Waals surface area contributed by atoms with Gasteiger partial charge in [-0.25, -0.2) is 4.79 Å². The third-order valence-electron chi connectivity index (χ3n) is 5.23. The van der Waals surface area contributed by atoms with Crippen LogP contribution in [-0.2, 0) is 11.4 Å². The molecule has 0 saturated carbocycles. The molecule has 0 aromatic heterocycles. The van der Waals surface area contributed by atoms with Crippen LogP contribution in [0, 0.1) is 0 Å². The number of ether oxygens (including phenoxy) is 1. The summed E-state index contributed by atoms with van der Waals surface area (Å²) >= 11 is 0. The van der Waals surface area contributed by atoms with Gasteiger partial charge in [0.25, 0.3) is 0 Å². The van der Waals surface area contributed by atoms with E-state index in [1.807, 2.05) is 24.3 Å². The molecule has 1 unspecified atom stereocenters. The van der Waals surface area contributed by atoms with Gasteiger partial charge in [0.1, 0.15) is 5.75 Å². The molecule has 0 amide bonds. The van der Waals surface area contributed by atoms with E-state index < -0.39 is 5.97 Å². The van der Waals surface area contributed by atoms with E-state index in [2.05, 4.69) is 44.4 Å². The first-order valence-electron chi connectivity index (χ1n) is 10.3. The van der Waals surface area contributed by atoms with Crippen LogP contribution in [0.1, 0.15) is 56.7 Å². The van der Waals surface area contributed by atoms with Crippen molar-refractivity contribution in [3.8, 4) is 5.75 Å². The quantitative estimate of drug-likeness (QED) is 0.353. The second-order valence-electron chi connectivity index (χ2n) is 7.67. The van der Waals surface area contributed by atoms with Crippen LogP contribution in [0.15, 0.2) is 60.7 Å². The molecule has 4 nitrogen and oxygen atoms in total. The minimum absolute atomic E-state index is 0.0448. The fraction of sp³-hybridized carbons (Fsp3) is 0.400. The van der Waals surface area contributed by atoms with Gasteiger partial charge < -0.3 is 14.7 Å². The van der Waals surface area contributed by atoms with Gasteiger partial charge in [0, 0.05) is 23.1 Å². The van der Waals surface area contributed by atoms with Crippen molar-refractivity contribution < 1.29 is 14.6 Å². The maximum Gasteiger partial charge on any atom is 0.338 e. The Morgan fingerprint density at radius 1 is 1.17 bits per heavy atom. The van der Waals surface area contributed by atoms with Crippen molar-refractivity contribution in [2.45, 2.75) is 52.7 Å². The van der Waals surface area contributed by atoms with Gasteiger partial charge >= 0.3 is 5.97 Å². The Labute approximate surface area is 174 Å². The number of hydrogen-bond acceptors (Lipinski definition) is 4. The van der Waals surface area contributed by atoms with Gasteiger partial charge in [0.2, 0.25) is 0 Å². The van der Waals surface area contributed by atoms with Crippen molar-refractivity contribution in [2.24, 2.45) is 0 Å². The average Bonchev–Trinajstić information content (AvgIpc) is 2.72. The van der Waals surface area contributed by atoms with Gasteiger partial charge in [0.05, 0.1) is 6.61 Å². The first-order valence-corrected chi connectivity index (χ1v) is 10.3. The molecule has 0 bridgehead atoms. The smallest absolute Gasteiger partial charge is 0.338 e. The number of carbonyl (C=O) groups is 1. The summed E-state index contributed by atoms with van der Waals surface area (Å²) < 4.78 is 5.66. The SMILES string of the molecule is C=C(C)C(=O)Oc1ccc(CO)cc1C(CCN(CC)C(C)C)c1ccccc1. The Bertz CT molecular complexity index is 814. The average molecular weight is 396 g/mol. The predicted molar refractivity (Wildman–Crippen MR) is 118 cm³/mol. The van der Waals surface area contributed by atoms with Crippen molar-refractivity contribution in [2.75, 3.05) is 13.1 Å². The van der Waals surface area contributed by atoms with Crippen LogP contribution in [0.3, 0.4) is 0 Å². The molecule has 0 aliphatic heterocycles. The zero-order valence-corrected chi connectivity index (χ0v) is 18.0. The van der Waals surface area contributed by atoms with Gasteiger partial charge in [-0.05, 0) is 63.5 Å². The Morgan fingerprint density at radius 2 is 1.86 bits per heavy atom. The second kappa shape index (κ2) is 10.9. The van der Waals surface area contributed by atoms with Crippen LogP contribution >= 0.6 is 0 Å². The minimum atomic E-state index is -0.438. The normalized spacial score (nSPS) is 12.2. The van der Waals surface area contributed by atoms with Crippen LogP contribution < -0.4 is 4.74 Å². The van der Waals surface area contributed by atoms with Crippen molar-refractivity contribution >= 4 is 5.97 Å². The number of carbonyl (C=O) groups excluding carboxylic acids is 1. The van der Waals surface area contributed by atoms with Crippen LogP contribution in [0.4, 0.5) is 0 Å². The molecular weight excluding hydrogens is 362 g/mol. The monoisotopic (exact) mass is 395 g/mol. The summed E-state index contributed by atoms with van der Waals surface area (Å²) in [7, 11) is 0. The second-order valence-corrected chi connectivity index (χ2v) is 7.67. The zero-order valence-electron chi connectivity index (χ0n) is 18.0. The number of esters is 1. The molecule has 0 radical (unpaired) electrons. The molecule has 2 rings (SSSR count). The van der Waals surface area contributed by atoms with Gasteiger partial charge in [-0.1, -0.05) is 49.9 Å². The minimum Gasteiger partial charge on any atom is -0.423 e. The van der Waals surface area contributed by atoms with Gasteiger partial charge in [-0.2, -0.15) is 0 Å². The summed E-state index contributed by atoms with van der Waals surface area (Å²) in [5.41, 5.74) is 3.23. The van der Waals surface area contributed by atoms with E-state index in [0.717, 1.165) is 36.2 Å². The Morgan fingerprint density at radius 3 is 2.41 bits per heavy atom. The number of nitrogens with zero attached hydrogens (tertiary/aromatic N) is 1. The van der Waals surface area contributed by atoms with Gasteiger partial charge in [0.15, 0.2) is 0 Å². The van der Waals surface area contributed by atoms with Gasteiger partial charge in [-0.3, -0.25) is 0 Å². The summed E-state index contributed by atoms with van der Waals surface area (Å²) in [6.45, 7) is 13.7. The lowest BCUT2D eigenvalue weighted by Gasteiger charge is -2.28. The van der Waals surface area contributed by atoms with Crippen LogP contribution in [0.25, 0.3) is 0 Å². The Kier molecular flexibility index (Phi) is 8.62. The van der Waals surface area contributed by atoms with Crippen molar-refractivity contribution in [1.29, 1.82) is 0 Å². The number of benzene rings is 2. The number of rotatable bonds is 10. The number of aliphatic hydroxyl groups excluding tert-OH is 1. The lowest BCUT2D eigenvalue weighted by atomic mass is 9.86. The summed E-state index contributed by atoms with van der Waals surface area (Å²) in [6, 6.07) is 16.2. The summed E-state index contributed by atoms with van der Waals surface area (Å²) in [5, 5.41) is 9.67. The first-order chi connectivity index (χ1) is 13.9. The molecule has 0 fully saturated rings. The van der Waals surface area contributed by atoms with E-state index in [-0.39, 0.29) is 12.5 Å². The molecule has 156 valence electrons. The van der Waals surface area contributed by atoms with E-state index in [1.165, 1.54) is 0 Å². The molecule has 1 atom stereocenters. The molecule has 0 heterocycles. The highest BCUT2D eigenvalue weighted by Crippen LogP contribution is 2.36. The Hall–Kier alpha value is -2.43. The van der Waals surface area contributed by atoms with Crippen molar-refractivity contribution in [3.05, 3.63) is 77.4 Å². The summed E-state index contributed by atoms with van der Waals surface area (Å²) in [5.74, 6) is 0.132. The lowest BCUT2D eigenvalue weighted by molar-refractivity contribution is -0.130. The highest BCUT2D eigenvalue weighted by Gasteiger charge is 2.22. The molecular formula is C25H33NO3. The van der Waals surface area contributed by atoms with E-state index in [1.54, 1.807) is 19.1 Å². The van der Waals surface area contributed by atoms with Crippen LogP contribution in [0.2, 0.25) is 0 Å². The standard InChI is InChI=1S/C25H33NO3/c1-6-26(19(4)5)15-14-22(21-10-8-7-9-11-21)23-16-20(17-27)12-13-24(23)29-25(28)18(2)3/h7-13,16,19,22,27H,2,6,14-15,17H2,1,3-5H3. The van der Waals surface area contributed by atoms with Gasteiger partial charge in [-0.15, -0.1) is 0 Å². The first kappa shape index (κ1) is 22.9. The molecule has 0 saturated heterocycles. The predicted octanol–water partition coefficient (Wildman–Crippen LogP) is 4.91. The van der Waals surface area contributed by atoms with Crippen molar-refractivity contribution in [3.63, 3.8) is 0 Å². The number of aliphatic hydroxyl groups is 1. The lowest BCUT2D eigenvalue weighted by Crippen LogP contribution is -2.32. The largest absolute Gasteiger partial charge is 0.423 e. The molecule has 0 aliphatic carbocycles. The Balaban J connectivity index is 2.47. The topological polar surface area (TPSA) is 49.8 Å². The highest BCUT2D eigenvalue weighted by atomic mass is 16.5. The van der Waals surface area contributed by atoms with E-state index in [0.29, 0.717) is 17.4 Å². The molecule has 4 heteroatoms. The summed E-state index contributed by atoms with van der Waals surface area (Å²) in [6.07, 6.45) is 0.878. The molecule has 0 aliphatic rings. The van der Waals surface area contributed by atoms with Crippen molar-refractivity contribution in [1.82, 2.24) is 4.90 Å². The fourth-order valence-corrected chi connectivity index (χ4v) is 3.51. The number of hydrogen-bond donors (Lipinski definition) is 1. The molecule has 1 N–H and O–H groups in total. The van der Waals surface area contributed by atoms with E-state index in [9.17, 15) is 9.90 Å². The fourth-order valence-electron chi connectivity index (χ4n) is 3.51. The van der Waals surface area contributed by atoms with Crippen LogP contribution in [-0.4, -0.2) is 35.1 Å². The molecule has 29 heavy (non-hydrogen) atoms. The maximum atomic E-state index is 12.2. The molecule has 0 spiro atoms. The molecule has 2 aromatic carbocycles. The highest BCUT2D eigenvalue weighted by molar-refractivity contribution is 5.89. The third-order valence-corrected chi connectivity index (χ3v) is 5.23. The van der Waals surface area contributed by atoms with Crippen LogP contribution in [0.5, 0.6) is 5.75 Å². The zero-order chi connectivity index (χ0) is 21.4. The van der Waals surface area contributed by atoms with E-state index >= 15 is 0 Å². The maximum absolute atomic E-state index is 12.2. The summed E-state index contributed by atoms with van der Waals surface area (Å²) in [4.78, 5) is 14.6. The van der Waals surface area contributed by atoms with E-state index in [4.69, 9.17) is 4.74 Å².